The molecule has 0 saturated heterocycles. The van der Waals surface area contributed by atoms with Gasteiger partial charge in [0.05, 0.1) is 10.6 Å². The van der Waals surface area contributed by atoms with Gasteiger partial charge in [0.2, 0.25) is 5.95 Å². The number of hydrogen-bond acceptors (Lipinski definition) is 4. The Balaban J connectivity index is 0.000000677. The third-order valence-corrected chi connectivity index (χ3v) is 4.07. The van der Waals surface area contributed by atoms with E-state index in [1.165, 1.54) is 21.7 Å². The standard InChI is InChI=1S/C14H15N3S.C3H8/c1-4-6-10-9(3)13(18-12(10)5-2)11-7-8-16-14(15)17-11;1-3-2/h4-8H,1H2,2-3H3,(H2,15,16,17);3H2,1-2H3/b10-6-,12-5+;. The van der Waals surface area contributed by atoms with Gasteiger partial charge in [-0.15, -0.1) is 11.3 Å². The first kappa shape index (κ1) is 17.1. The molecule has 0 aromatic carbocycles. The van der Waals surface area contributed by atoms with Gasteiger partial charge in [-0.2, -0.15) is 0 Å². The molecule has 0 aliphatic carbocycles. The van der Waals surface area contributed by atoms with Gasteiger partial charge < -0.3 is 5.73 Å². The van der Waals surface area contributed by atoms with Crippen LogP contribution in [0.1, 0.15) is 32.8 Å². The van der Waals surface area contributed by atoms with Crippen LogP contribution < -0.4 is 15.5 Å². The summed E-state index contributed by atoms with van der Waals surface area (Å²) in [4.78, 5) is 9.33. The van der Waals surface area contributed by atoms with Gasteiger partial charge in [0, 0.05) is 10.7 Å². The van der Waals surface area contributed by atoms with Gasteiger partial charge in [-0.3, -0.25) is 0 Å². The zero-order valence-electron chi connectivity index (χ0n) is 13.2. The van der Waals surface area contributed by atoms with Crippen LogP contribution in [-0.4, -0.2) is 9.97 Å². The van der Waals surface area contributed by atoms with Crippen molar-refractivity contribution in [2.24, 2.45) is 0 Å². The zero-order valence-corrected chi connectivity index (χ0v) is 14.0. The quantitative estimate of drug-likeness (QED) is 0.926. The number of nitrogen functional groups attached to an aromatic ring is 1. The lowest BCUT2D eigenvalue weighted by Crippen LogP contribution is -2.19. The number of aromatic nitrogens is 2. The maximum Gasteiger partial charge on any atom is 0.220 e. The molecular formula is C17H23N3S. The predicted molar refractivity (Wildman–Crippen MR) is 94.5 cm³/mol. The molecule has 0 aliphatic rings. The molecule has 2 N–H and O–H groups in total. The second kappa shape index (κ2) is 8.37. The van der Waals surface area contributed by atoms with Crippen LogP contribution in [0.15, 0.2) is 24.9 Å². The highest BCUT2D eigenvalue weighted by Gasteiger charge is 2.09. The van der Waals surface area contributed by atoms with Crippen molar-refractivity contribution in [3.05, 3.63) is 40.2 Å². The molecule has 2 aromatic rings. The van der Waals surface area contributed by atoms with Crippen molar-refractivity contribution in [1.29, 1.82) is 0 Å². The molecule has 0 fully saturated rings. The fourth-order valence-corrected chi connectivity index (χ4v) is 2.98. The van der Waals surface area contributed by atoms with Gasteiger partial charge in [-0.1, -0.05) is 45.1 Å². The van der Waals surface area contributed by atoms with E-state index in [0.29, 0.717) is 5.95 Å². The first-order valence-electron chi connectivity index (χ1n) is 7.06. The van der Waals surface area contributed by atoms with E-state index in [4.69, 9.17) is 5.73 Å². The first-order valence-corrected chi connectivity index (χ1v) is 7.87. The van der Waals surface area contributed by atoms with Crippen LogP contribution in [-0.2, 0) is 0 Å². The molecule has 0 amide bonds. The second-order valence-electron chi connectivity index (χ2n) is 4.53. The number of allylic oxidation sites excluding steroid dienone is 1. The Hall–Kier alpha value is -1.94. The number of rotatable bonds is 2. The van der Waals surface area contributed by atoms with Crippen molar-refractivity contribution in [3.63, 3.8) is 0 Å². The molecule has 0 radical (unpaired) electrons. The summed E-state index contributed by atoms with van der Waals surface area (Å²) in [6, 6.07) is 1.88. The van der Waals surface area contributed by atoms with E-state index in [1.54, 1.807) is 23.6 Å². The van der Waals surface area contributed by atoms with E-state index in [2.05, 4.69) is 43.4 Å². The number of hydrogen-bond donors (Lipinski definition) is 1. The summed E-state index contributed by atoms with van der Waals surface area (Å²) in [5, 5.41) is 1.20. The molecule has 0 saturated carbocycles. The fraction of sp³-hybridized carbons (Fsp3) is 0.294. The summed E-state index contributed by atoms with van der Waals surface area (Å²) >= 11 is 1.71. The normalized spacial score (nSPS) is 12.0. The lowest BCUT2D eigenvalue weighted by atomic mass is 10.2. The number of nitrogens with zero attached hydrogens (tertiary/aromatic N) is 2. The van der Waals surface area contributed by atoms with Gasteiger partial charge >= 0.3 is 0 Å². The maximum absolute atomic E-state index is 5.63. The summed E-state index contributed by atoms with van der Waals surface area (Å²) in [6.45, 7) is 12.1. The molecule has 112 valence electrons. The van der Waals surface area contributed by atoms with Crippen LogP contribution in [0.5, 0.6) is 0 Å². The third kappa shape index (κ3) is 4.26. The van der Waals surface area contributed by atoms with Gasteiger partial charge in [-0.25, -0.2) is 9.97 Å². The maximum atomic E-state index is 5.63. The van der Waals surface area contributed by atoms with Crippen molar-refractivity contribution in [3.8, 4) is 10.6 Å². The largest absolute Gasteiger partial charge is 0.368 e. The fourth-order valence-electron chi connectivity index (χ4n) is 1.83. The van der Waals surface area contributed by atoms with Crippen LogP contribution in [0, 0.1) is 6.92 Å². The molecule has 0 aliphatic heterocycles. The topological polar surface area (TPSA) is 51.8 Å². The zero-order chi connectivity index (χ0) is 15.8. The lowest BCUT2D eigenvalue weighted by Gasteiger charge is -1.99. The van der Waals surface area contributed by atoms with Crippen molar-refractivity contribution in [2.45, 2.75) is 34.1 Å². The van der Waals surface area contributed by atoms with E-state index < -0.39 is 0 Å². The van der Waals surface area contributed by atoms with Crippen molar-refractivity contribution in [2.75, 3.05) is 5.73 Å². The van der Waals surface area contributed by atoms with Gasteiger partial charge in [0.15, 0.2) is 0 Å². The van der Waals surface area contributed by atoms with Crippen LogP contribution in [0.4, 0.5) is 5.95 Å². The summed E-state index contributed by atoms with van der Waals surface area (Å²) in [6.07, 6.45) is 8.86. The van der Waals surface area contributed by atoms with Crippen LogP contribution >= 0.6 is 11.3 Å². The Bertz CT molecular complexity index is 714. The average Bonchev–Trinajstić information content (AvgIpc) is 2.77. The molecule has 3 nitrogen and oxygen atoms in total. The Morgan fingerprint density at radius 2 is 2.05 bits per heavy atom. The van der Waals surface area contributed by atoms with E-state index in [-0.39, 0.29) is 0 Å². The summed E-state index contributed by atoms with van der Waals surface area (Å²) < 4.78 is 1.22. The molecule has 0 atom stereocenters. The molecule has 0 spiro atoms. The molecule has 2 rings (SSSR count). The average molecular weight is 301 g/mol. The SMILES string of the molecule is C=C/C=c1/c(C)c(-c2ccnc(N)n2)s/c1=C/C.CCC. The number of nitrogens with two attached hydrogens (primary N) is 1. The monoisotopic (exact) mass is 301 g/mol. The van der Waals surface area contributed by atoms with Gasteiger partial charge in [0.1, 0.15) is 0 Å². The van der Waals surface area contributed by atoms with Crippen molar-refractivity contribution >= 4 is 29.4 Å². The van der Waals surface area contributed by atoms with E-state index in [1.807, 2.05) is 19.1 Å². The van der Waals surface area contributed by atoms with E-state index >= 15 is 0 Å². The second-order valence-corrected chi connectivity index (χ2v) is 5.58. The van der Waals surface area contributed by atoms with Crippen molar-refractivity contribution in [1.82, 2.24) is 9.97 Å². The highest BCUT2D eigenvalue weighted by Crippen LogP contribution is 2.22. The number of thiophene rings is 1. The minimum atomic E-state index is 0.302. The molecular weight excluding hydrogens is 278 g/mol. The molecule has 4 heteroatoms. The van der Waals surface area contributed by atoms with Gasteiger partial charge in [-0.05, 0) is 30.7 Å². The van der Waals surface area contributed by atoms with Crippen LogP contribution in [0.3, 0.4) is 0 Å². The molecule has 21 heavy (non-hydrogen) atoms. The van der Waals surface area contributed by atoms with Gasteiger partial charge in [0.25, 0.3) is 0 Å². The highest BCUT2D eigenvalue weighted by atomic mass is 32.1. The highest BCUT2D eigenvalue weighted by molar-refractivity contribution is 7.13. The Kier molecular flexibility index (Phi) is 6.82. The first-order chi connectivity index (χ1) is 10.1. The van der Waals surface area contributed by atoms with Crippen molar-refractivity contribution < 1.29 is 0 Å². The summed E-state index contributed by atoms with van der Waals surface area (Å²) in [5.74, 6) is 0.302. The molecule has 2 heterocycles. The summed E-state index contributed by atoms with van der Waals surface area (Å²) in [5.41, 5.74) is 7.70. The summed E-state index contributed by atoms with van der Waals surface area (Å²) in [7, 11) is 0. The van der Waals surface area contributed by atoms with E-state index in [9.17, 15) is 0 Å². The third-order valence-electron chi connectivity index (χ3n) is 2.68. The number of anilines is 1. The molecule has 0 unspecified atom stereocenters. The van der Waals surface area contributed by atoms with E-state index in [0.717, 1.165) is 10.6 Å². The minimum Gasteiger partial charge on any atom is -0.368 e. The minimum absolute atomic E-state index is 0.302. The smallest absolute Gasteiger partial charge is 0.220 e. The van der Waals surface area contributed by atoms with Crippen LogP contribution in [0.2, 0.25) is 0 Å². The Morgan fingerprint density at radius 3 is 2.57 bits per heavy atom. The Labute approximate surface area is 130 Å². The molecule has 0 bridgehead atoms. The molecule has 2 aromatic heterocycles. The van der Waals surface area contributed by atoms with Crippen LogP contribution in [0.25, 0.3) is 22.7 Å². The lowest BCUT2D eigenvalue weighted by molar-refractivity contribution is 1.09. The predicted octanol–water partition coefficient (Wildman–Crippen LogP) is 3.28. The Morgan fingerprint density at radius 1 is 1.38 bits per heavy atom.